The first-order valence-electron chi connectivity index (χ1n) is 9.28. The van der Waals surface area contributed by atoms with E-state index in [0.29, 0.717) is 13.1 Å². The third-order valence-electron chi connectivity index (χ3n) is 5.03. The number of nitrogens with two attached hydrogens (primary N) is 1. The van der Waals surface area contributed by atoms with Crippen LogP contribution in [0.25, 0.3) is 0 Å². The van der Waals surface area contributed by atoms with E-state index in [1.165, 1.54) is 12.1 Å². The molecule has 27 heavy (non-hydrogen) atoms. The maximum absolute atomic E-state index is 13.1. The van der Waals surface area contributed by atoms with E-state index < -0.39 is 0 Å². The molecule has 2 heterocycles. The van der Waals surface area contributed by atoms with Crippen molar-refractivity contribution in [2.24, 2.45) is 5.73 Å². The molecule has 0 spiro atoms. The molecule has 3 rings (SSSR count). The molecule has 2 aromatic rings. The lowest BCUT2D eigenvalue weighted by molar-refractivity contribution is 0.0740. The monoisotopic (exact) mass is 371 g/mol. The summed E-state index contributed by atoms with van der Waals surface area (Å²) < 4.78 is 13.1. The Hall–Kier alpha value is -2.54. The number of benzene rings is 1. The van der Waals surface area contributed by atoms with Gasteiger partial charge in [-0.1, -0.05) is 12.1 Å². The number of halogens is 1. The number of hydrogen-bond donors (Lipinski definition) is 1. The minimum Gasteiger partial charge on any atom is -0.355 e. The summed E-state index contributed by atoms with van der Waals surface area (Å²) in [4.78, 5) is 25.8. The van der Waals surface area contributed by atoms with Crippen molar-refractivity contribution >= 4 is 11.7 Å². The number of anilines is 1. The van der Waals surface area contributed by atoms with Gasteiger partial charge in [-0.15, -0.1) is 0 Å². The Morgan fingerprint density at radius 3 is 2.59 bits per heavy atom. The van der Waals surface area contributed by atoms with Crippen molar-refractivity contribution in [2.75, 3.05) is 24.5 Å². The van der Waals surface area contributed by atoms with Gasteiger partial charge in [0.2, 0.25) is 5.82 Å². The molecule has 1 saturated heterocycles. The van der Waals surface area contributed by atoms with Crippen molar-refractivity contribution in [1.82, 2.24) is 14.9 Å². The molecule has 1 aromatic carbocycles. The average Bonchev–Trinajstić information content (AvgIpc) is 3.09. The summed E-state index contributed by atoms with van der Waals surface area (Å²) in [5, 5.41) is 0. The second-order valence-corrected chi connectivity index (χ2v) is 7.02. The maximum atomic E-state index is 13.1. The lowest BCUT2D eigenvalue weighted by atomic mass is 10.2. The Morgan fingerprint density at radius 2 is 2.00 bits per heavy atom. The zero-order valence-electron chi connectivity index (χ0n) is 16.1. The molecule has 6 nitrogen and oxygen atoms in total. The highest BCUT2D eigenvalue weighted by molar-refractivity contribution is 5.91. The van der Waals surface area contributed by atoms with Crippen LogP contribution in [0.3, 0.4) is 0 Å². The van der Waals surface area contributed by atoms with E-state index in [-0.39, 0.29) is 23.6 Å². The van der Waals surface area contributed by atoms with Gasteiger partial charge in [0.25, 0.3) is 5.91 Å². The van der Waals surface area contributed by atoms with Gasteiger partial charge in [-0.25, -0.2) is 14.4 Å². The second-order valence-electron chi connectivity index (χ2n) is 7.02. The van der Waals surface area contributed by atoms with Gasteiger partial charge >= 0.3 is 0 Å². The smallest absolute Gasteiger partial charge is 0.292 e. The van der Waals surface area contributed by atoms with Crippen molar-refractivity contribution in [1.29, 1.82) is 0 Å². The Kier molecular flexibility index (Phi) is 5.70. The Labute approximate surface area is 159 Å². The van der Waals surface area contributed by atoms with Crippen LogP contribution in [-0.2, 0) is 6.54 Å². The highest BCUT2D eigenvalue weighted by atomic mass is 19.1. The van der Waals surface area contributed by atoms with Crippen LogP contribution in [-0.4, -0.2) is 46.5 Å². The van der Waals surface area contributed by atoms with E-state index in [1.807, 2.05) is 20.8 Å². The zero-order chi connectivity index (χ0) is 19.6. The highest BCUT2D eigenvalue weighted by Crippen LogP contribution is 2.24. The van der Waals surface area contributed by atoms with Crippen molar-refractivity contribution in [3.63, 3.8) is 0 Å². The zero-order valence-corrected chi connectivity index (χ0v) is 16.1. The number of amides is 1. The van der Waals surface area contributed by atoms with Crippen molar-refractivity contribution < 1.29 is 9.18 Å². The molecule has 7 heteroatoms. The van der Waals surface area contributed by atoms with Gasteiger partial charge in [0.1, 0.15) is 11.6 Å². The number of carbonyl (C=O) groups is 1. The molecule has 0 aliphatic carbocycles. The largest absolute Gasteiger partial charge is 0.355 e. The van der Waals surface area contributed by atoms with Crippen LogP contribution in [0.2, 0.25) is 0 Å². The van der Waals surface area contributed by atoms with Gasteiger partial charge < -0.3 is 15.5 Å². The number of nitrogens with zero attached hydrogens (tertiary/aromatic N) is 4. The fraction of sp³-hybridized carbons (Fsp3) is 0.450. The first-order valence-corrected chi connectivity index (χ1v) is 9.28. The van der Waals surface area contributed by atoms with E-state index in [0.717, 1.165) is 42.1 Å². The number of aromatic nitrogens is 2. The summed E-state index contributed by atoms with van der Waals surface area (Å²) in [6.45, 7) is 8.23. The fourth-order valence-electron chi connectivity index (χ4n) is 3.28. The molecular weight excluding hydrogens is 345 g/mol. The van der Waals surface area contributed by atoms with Gasteiger partial charge in [0, 0.05) is 43.5 Å². The van der Waals surface area contributed by atoms with Crippen LogP contribution in [0, 0.1) is 19.7 Å². The van der Waals surface area contributed by atoms with Crippen LogP contribution in [0.1, 0.15) is 40.8 Å². The third kappa shape index (κ3) is 4.24. The molecule has 2 N–H and O–H groups in total. The number of carbonyl (C=O) groups excluding carboxylic acids is 1. The summed E-state index contributed by atoms with van der Waals surface area (Å²) in [5.41, 5.74) is 8.66. The van der Waals surface area contributed by atoms with Crippen molar-refractivity contribution in [2.45, 2.75) is 39.8 Å². The molecule has 1 fully saturated rings. The van der Waals surface area contributed by atoms with Crippen molar-refractivity contribution in [3.8, 4) is 0 Å². The molecule has 1 aromatic heterocycles. The molecule has 0 saturated carbocycles. The van der Waals surface area contributed by atoms with Crippen molar-refractivity contribution in [3.05, 3.63) is 52.7 Å². The summed E-state index contributed by atoms with van der Waals surface area (Å²) in [6.07, 6.45) is 0.914. The highest BCUT2D eigenvalue weighted by Gasteiger charge is 2.26. The van der Waals surface area contributed by atoms with Gasteiger partial charge in [-0.05, 0) is 44.9 Å². The summed E-state index contributed by atoms with van der Waals surface area (Å²) in [5.74, 6) is 0.461. The number of hydrogen-bond acceptors (Lipinski definition) is 5. The molecule has 1 amide bonds. The van der Waals surface area contributed by atoms with Crippen LogP contribution >= 0.6 is 0 Å². The predicted molar refractivity (Wildman–Crippen MR) is 103 cm³/mol. The fourth-order valence-corrected chi connectivity index (χ4v) is 3.28. The SMILES string of the molecule is CCN(Cc1ccc(F)cc1)C(=O)c1nc(C)c(C)c(N2CC[C@@H](N)C2)n1. The quantitative estimate of drug-likeness (QED) is 0.874. The summed E-state index contributed by atoms with van der Waals surface area (Å²) in [7, 11) is 0. The molecule has 1 aliphatic heterocycles. The number of aryl methyl sites for hydroxylation is 1. The summed E-state index contributed by atoms with van der Waals surface area (Å²) in [6, 6.07) is 6.29. The van der Waals surface area contributed by atoms with Crippen LogP contribution in [0.15, 0.2) is 24.3 Å². The molecule has 0 radical (unpaired) electrons. The first kappa shape index (κ1) is 19.2. The molecule has 1 atom stereocenters. The minimum absolute atomic E-state index is 0.129. The van der Waals surface area contributed by atoms with E-state index in [1.54, 1.807) is 17.0 Å². The van der Waals surface area contributed by atoms with E-state index in [4.69, 9.17) is 5.73 Å². The van der Waals surface area contributed by atoms with E-state index >= 15 is 0 Å². The first-order chi connectivity index (χ1) is 12.9. The lowest BCUT2D eigenvalue weighted by Crippen LogP contribution is -2.33. The second kappa shape index (κ2) is 8.00. The normalized spacial score (nSPS) is 16.6. The lowest BCUT2D eigenvalue weighted by Gasteiger charge is -2.23. The van der Waals surface area contributed by atoms with Gasteiger partial charge in [0.15, 0.2) is 0 Å². The Bertz CT molecular complexity index is 824. The predicted octanol–water partition coefficient (Wildman–Crippen LogP) is 2.43. The molecule has 1 aliphatic rings. The third-order valence-corrected chi connectivity index (χ3v) is 5.03. The minimum atomic E-state index is -0.293. The maximum Gasteiger partial charge on any atom is 0.292 e. The number of rotatable bonds is 5. The van der Waals surface area contributed by atoms with Gasteiger partial charge in [-0.2, -0.15) is 0 Å². The molecular formula is C20H26FN5O. The van der Waals surface area contributed by atoms with Crippen LogP contribution < -0.4 is 10.6 Å². The standard InChI is InChI=1S/C20H26FN5O/c1-4-25(11-15-5-7-16(21)8-6-15)20(27)18-23-14(3)13(2)19(24-18)26-10-9-17(22)12-26/h5-8,17H,4,9-12,22H2,1-3H3/t17-/m1/s1. The van der Waals surface area contributed by atoms with Gasteiger partial charge in [0.05, 0.1) is 0 Å². The molecule has 0 bridgehead atoms. The van der Waals surface area contributed by atoms with Crippen LogP contribution in [0.5, 0.6) is 0 Å². The van der Waals surface area contributed by atoms with E-state index in [2.05, 4.69) is 14.9 Å². The molecule has 144 valence electrons. The molecule has 0 unspecified atom stereocenters. The summed E-state index contributed by atoms with van der Waals surface area (Å²) >= 11 is 0. The Morgan fingerprint density at radius 1 is 1.30 bits per heavy atom. The van der Waals surface area contributed by atoms with E-state index in [9.17, 15) is 9.18 Å². The van der Waals surface area contributed by atoms with Crippen LogP contribution in [0.4, 0.5) is 10.2 Å². The Balaban J connectivity index is 1.86. The topological polar surface area (TPSA) is 75.4 Å². The average molecular weight is 371 g/mol. The van der Waals surface area contributed by atoms with Gasteiger partial charge in [-0.3, -0.25) is 4.79 Å².